The van der Waals surface area contributed by atoms with Crippen LogP contribution in [0.2, 0.25) is 0 Å². The van der Waals surface area contributed by atoms with E-state index in [1.54, 1.807) is 13.2 Å². The molecule has 2 rings (SSSR count). The van der Waals surface area contributed by atoms with Crippen molar-refractivity contribution in [3.8, 4) is 0 Å². The van der Waals surface area contributed by atoms with Gasteiger partial charge in [0.05, 0.1) is 10.9 Å². The molecule has 0 aromatic carbocycles. The Morgan fingerprint density at radius 1 is 1.45 bits per heavy atom. The molecule has 0 unspecified atom stereocenters. The van der Waals surface area contributed by atoms with E-state index in [0.717, 1.165) is 16.0 Å². The van der Waals surface area contributed by atoms with Gasteiger partial charge in [0.15, 0.2) is 0 Å². The van der Waals surface area contributed by atoms with Gasteiger partial charge in [0, 0.05) is 29.4 Å². The van der Waals surface area contributed by atoms with Crippen molar-refractivity contribution in [2.75, 3.05) is 6.54 Å². The Bertz CT molecular complexity index is 698. The van der Waals surface area contributed by atoms with Crippen LogP contribution in [-0.4, -0.2) is 17.0 Å². The van der Waals surface area contributed by atoms with E-state index in [2.05, 4.69) is 19.2 Å². The lowest BCUT2D eigenvalue weighted by atomic mass is 10.1. The maximum absolute atomic E-state index is 12.3. The van der Waals surface area contributed by atoms with Gasteiger partial charge in [-0.05, 0) is 25.3 Å². The number of nitrogens with zero attached hydrogens (tertiary/aromatic N) is 1. The average Bonchev–Trinajstić information content (AvgIpc) is 2.70. The number of hydrogen-bond donors (Lipinski definition) is 1. The quantitative estimate of drug-likeness (QED) is 0.942. The number of aryl methyl sites for hydroxylation is 2. The topological polar surface area (TPSA) is 51.1 Å². The van der Waals surface area contributed by atoms with Gasteiger partial charge >= 0.3 is 0 Å². The first kappa shape index (κ1) is 14.8. The third kappa shape index (κ3) is 2.77. The summed E-state index contributed by atoms with van der Waals surface area (Å²) in [6, 6.07) is 1.89. The SMILES string of the molecule is Cc1sc2ccn(C)c(=O)c2c1C(=O)NCCC(C)C. The molecule has 108 valence electrons. The summed E-state index contributed by atoms with van der Waals surface area (Å²) >= 11 is 1.50. The van der Waals surface area contributed by atoms with E-state index in [1.165, 1.54) is 15.9 Å². The summed E-state index contributed by atoms with van der Waals surface area (Å²) in [5.74, 6) is 0.404. The van der Waals surface area contributed by atoms with Crippen LogP contribution in [0.15, 0.2) is 17.1 Å². The fourth-order valence-corrected chi connectivity index (χ4v) is 3.20. The number of amides is 1. The molecular weight excluding hydrogens is 272 g/mol. The fraction of sp³-hybridized carbons (Fsp3) is 0.467. The Labute approximate surface area is 122 Å². The predicted octanol–water partition coefficient (Wildman–Crippen LogP) is 2.68. The molecule has 5 heteroatoms. The zero-order chi connectivity index (χ0) is 14.9. The first-order valence-corrected chi connectivity index (χ1v) is 7.60. The van der Waals surface area contributed by atoms with Gasteiger partial charge in [0.2, 0.25) is 0 Å². The lowest BCUT2D eigenvalue weighted by molar-refractivity contribution is 0.0953. The molecule has 2 heterocycles. The molecule has 2 aromatic rings. The Balaban J connectivity index is 2.38. The van der Waals surface area contributed by atoms with Gasteiger partial charge in [-0.2, -0.15) is 0 Å². The molecule has 4 nitrogen and oxygen atoms in total. The highest BCUT2D eigenvalue weighted by atomic mass is 32.1. The lowest BCUT2D eigenvalue weighted by Gasteiger charge is -2.07. The number of hydrogen-bond acceptors (Lipinski definition) is 3. The van der Waals surface area contributed by atoms with Crippen molar-refractivity contribution in [2.24, 2.45) is 13.0 Å². The highest BCUT2D eigenvalue weighted by Gasteiger charge is 2.19. The molecule has 0 aliphatic rings. The van der Waals surface area contributed by atoms with E-state index in [1.807, 2.05) is 13.0 Å². The molecule has 1 amide bonds. The van der Waals surface area contributed by atoms with Crippen LogP contribution in [0, 0.1) is 12.8 Å². The second kappa shape index (κ2) is 5.79. The normalized spacial score (nSPS) is 11.2. The van der Waals surface area contributed by atoms with E-state index < -0.39 is 0 Å². The number of carbonyl (C=O) groups is 1. The molecule has 20 heavy (non-hydrogen) atoms. The zero-order valence-corrected chi connectivity index (χ0v) is 13.1. The summed E-state index contributed by atoms with van der Waals surface area (Å²) in [6.45, 7) is 6.77. The van der Waals surface area contributed by atoms with E-state index >= 15 is 0 Å². The molecular formula is C15H20N2O2S. The minimum absolute atomic E-state index is 0.110. The molecule has 0 bridgehead atoms. The fourth-order valence-electron chi connectivity index (χ4n) is 2.16. The molecule has 0 radical (unpaired) electrons. The van der Waals surface area contributed by atoms with Crippen molar-refractivity contribution in [1.82, 2.24) is 9.88 Å². The van der Waals surface area contributed by atoms with Crippen LogP contribution in [0.25, 0.3) is 10.1 Å². The highest BCUT2D eigenvalue weighted by Crippen LogP contribution is 2.28. The number of nitrogens with one attached hydrogen (secondary N) is 1. The number of rotatable bonds is 4. The van der Waals surface area contributed by atoms with Crippen molar-refractivity contribution in [2.45, 2.75) is 27.2 Å². The third-order valence-corrected chi connectivity index (χ3v) is 4.40. The van der Waals surface area contributed by atoms with Crippen molar-refractivity contribution in [1.29, 1.82) is 0 Å². The van der Waals surface area contributed by atoms with Crippen LogP contribution in [-0.2, 0) is 7.05 Å². The van der Waals surface area contributed by atoms with Crippen molar-refractivity contribution < 1.29 is 4.79 Å². The molecule has 0 aliphatic carbocycles. The van der Waals surface area contributed by atoms with Gasteiger partial charge < -0.3 is 9.88 Å². The number of fused-ring (bicyclic) bond motifs is 1. The Morgan fingerprint density at radius 2 is 2.15 bits per heavy atom. The monoisotopic (exact) mass is 292 g/mol. The minimum atomic E-state index is -0.141. The molecule has 0 aliphatic heterocycles. The van der Waals surface area contributed by atoms with Crippen LogP contribution < -0.4 is 10.9 Å². The molecule has 1 N–H and O–H groups in total. The van der Waals surface area contributed by atoms with Crippen LogP contribution in [0.1, 0.15) is 35.5 Å². The Hall–Kier alpha value is -1.62. The largest absolute Gasteiger partial charge is 0.352 e. The lowest BCUT2D eigenvalue weighted by Crippen LogP contribution is -2.27. The Morgan fingerprint density at radius 3 is 2.80 bits per heavy atom. The molecule has 0 atom stereocenters. The van der Waals surface area contributed by atoms with Crippen molar-refractivity contribution in [3.63, 3.8) is 0 Å². The highest BCUT2D eigenvalue weighted by molar-refractivity contribution is 7.19. The number of carbonyl (C=O) groups excluding carboxylic acids is 1. The summed E-state index contributed by atoms with van der Waals surface area (Å²) in [6.07, 6.45) is 2.67. The molecule has 0 saturated carbocycles. The molecule has 0 spiro atoms. The van der Waals surface area contributed by atoms with Crippen molar-refractivity contribution in [3.05, 3.63) is 33.1 Å². The van der Waals surface area contributed by atoms with Gasteiger partial charge in [0.25, 0.3) is 11.5 Å². The van der Waals surface area contributed by atoms with E-state index in [-0.39, 0.29) is 11.5 Å². The second-order valence-corrected chi connectivity index (χ2v) is 6.70. The maximum atomic E-state index is 12.3. The van der Waals surface area contributed by atoms with E-state index in [0.29, 0.717) is 23.4 Å². The predicted molar refractivity (Wildman–Crippen MR) is 83.6 cm³/mol. The standard InChI is InChI=1S/C15H20N2O2S/c1-9(2)5-7-16-14(18)12-10(3)20-11-6-8-17(4)15(19)13(11)12/h6,8-9H,5,7H2,1-4H3,(H,16,18). The van der Waals surface area contributed by atoms with Gasteiger partial charge in [-0.15, -0.1) is 11.3 Å². The van der Waals surface area contributed by atoms with Gasteiger partial charge in [-0.25, -0.2) is 0 Å². The van der Waals surface area contributed by atoms with Crippen molar-refractivity contribution >= 4 is 27.3 Å². The number of pyridine rings is 1. The number of aromatic nitrogens is 1. The molecule has 2 aromatic heterocycles. The zero-order valence-electron chi connectivity index (χ0n) is 12.3. The van der Waals surface area contributed by atoms with Crippen LogP contribution >= 0.6 is 11.3 Å². The smallest absolute Gasteiger partial charge is 0.259 e. The third-order valence-electron chi connectivity index (χ3n) is 3.33. The summed E-state index contributed by atoms with van der Waals surface area (Å²) in [4.78, 5) is 25.5. The van der Waals surface area contributed by atoms with Crippen LogP contribution in [0.4, 0.5) is 0 Å². The Kier molecular flexibility index (Phi) is 4.28. The first-order valence-electron chi connectivity index (χ1n) is 6.78. The summed E-state index contributed by atoms with van der Waals surface area (Å²) in [5, 5.41) is 3.46. The van der Waals surface area contributed by atoms with Gasteiger partial charge in [-0.3, -0.25) is 9.59 Å². The van der Waals surface area contributed by atoms with Crippen LogP contribution in [0.3, 0.4) is 0 Å². The first-order chi connectivity index (χ1) is 9.41. The van der Waals surface area contributed by atoms with Gasteiger partial charge in [-0.1, -0.05) is 13.8 Å². The number of thiophene rings is 1. The summed E-state index contributed by atoms with van der Waals surface area (Å²) < 4.78 is 2.39. The molecule has 0 saturated heterocycles. The second-order valence-electron chi connectivity index (χ2n) is 5.44. The van der Waals surface area contributed by atoms with Gasteiger partial charge in [0.1, 0.15) is 0 Å². The summed E-state index contributed by atoms with van der Waals surface area (Å²) in [7, 11) is 1.70. The van der Waals surface area contributed by atoms with E-state index in [9.17, 15) is 9.59 Å². The van der Waals surface area contributed by atoms with E-state index in [4.69, 9.17) is 0 Å². The maximum Gasteiger partial charge on any atom is 0.259 e. The minimum Gasteiger partial charge on any atom is -0.352 e. The average molecular weight is 292 g/mol. The van der Waals surface area contributed by atoms with Crippen LogP contribution in [0.5, 0.6) is 0 Å². The summed E-state index contributed by atoms with van der Waals surface area (Å²) in [5.41, 5.74) is 0.427. The molecule has 0 fully saturated rings.